The molecule has 5 rings (SSSR count). The predicted octanol–water partition coefficient (Wildman–Crippen LogP) is 5.36. The molecule has 33 heavy (non-hydrogen) atoms. The van der Waals surface area contributed by atoms with E-state index in [4.69, 9.17) is 9.47 Å². The summed E-state index contributed by atoms with van der Waals surface area (Å²) in [5, 5.41) is 11.2. The molecule has 0 spiro atoms. The van der Waals surface area contributed by atoms with Crippen LogP contribution in [-0.4, -0.2) is 29.1 Å². The Bertz CT molecular complexity index is 1150. The first-order valence-electron chi connectivity index (χ1n) is 11.3. The predicted molar refractivity (Wildman–Crippen MR) is 127 cm³/mol. The van der Waals surface area contributed by atoms with E-state index in [1.165, 1.54) is 0 Å². The van der Waals surface area contributed by atoms with Gasteiger partial charge in [0.05, 0.1) is 12.3 Å². The number of hydrogen-bond donors (Lipinski definition) is 1. The number of aliphatic hydroxyl groups excluding tert-OH is 1. The largest absolute Gasteiger partial charge is 0.443 e. The van der Waals surface area contributed by atoms with E-state index < -0.39 is 28.4 Å². The molecule has 1 N–H and O–H groups in total. The first-order chi connectivity index (χ1) is 15.7. The van der Waals surface area contributed by atoms with Crippen LogP contribution in [0.15, 0.2) is 84.9 Å². The zero-order chi connectivity index (χ0) is 23.5. The van der Waals surface area contributed by atoms with Crippen molar-refractivity contribution in [2.24, 2.45) is 0 Å². The van der Waals surface area contributed by atoms with Crippen LogP contribution in [0.4, 0.5) is 10.5 Å². The van der Waals surface area contributed by atoms with E-state index in [1.807, 2.05) is 113 Å². The van der Waals surface area contributed by atoms with Crippen LogP contribution in [0.2, 0.25) is 0 Å². The number of carbonyl (C=O) groups excluding carboxylic acids is 1. The second-order valence-corrected chi connectivity index (χ2v) is 9.89. The van der Waals surface area contributed by atoms with Gasteiger partial charge in [0.1, 0.15) is 16.6 Å². The van der Waals surface area contributed by atoms with Gasteiger partial charge < -0.3 is 14.6 Å². The van der Waals surface area contributed by atoms with Crippen molar-refractivity contribution in [3.8, 4) is 0 Å². The van der Waals surface area contributed by atoms with Gasteiger partial charge >= 0.3 is 6.09 Å². The van der Waals surface area contributed by atoms with E-state index in [2.05, 4.69) is 0 Å². The molecule has 3 aromatic carbocycles. The SMILES string of the molecule is CC(C)(C)OC(=O)N1c2ccccc2[C@@]2(CO)C(c3ccccc3)(c3ccccc3)O[C@@]12C. The molecule has 5 nitrogen and oxygen atoms in total. The number of aliphatic hydroxyl groups is 1. The number of anilines is 1. The van der Waals surface area contributed by atoms with Crippen LogP contribution in [-0.2, 0) is 20.5 Å². The molecule has 1 saturated heterocycles. The highest BCUT2D eigenvalue weighted by Crippen LogP contribution is 2.72. The molecule has 0 aliphatic carbocycles. The summed E-state index contributed by atoms with van der Waals surface area (Å²) in [7, 11) is 0. The normalized spacial score (nSPS) is 25.1. The highest BCUT2D eigenvalue weighted by molar-refractivity contribution is 5.95. The molecular weight excluding hydrogens is 414 g/mol. The monoisotopic (exact) mass is 443 g/mol. The van der Waals surface area contributed by atoms with Gasteiger partial charge in [-0.25, -0.2) is 9.69 Å². The van der Waals surface area contributed by atoms with E-state index in [0.717, 1.165) is 16.7 Å². The van der Waals surface area contributed by atoms with Crippen LogP contribution >= 0.6 is 0 Å². The van der Waals surface area contributed by atoms with Gasteiger partial charge in [0.15, 0.2) is 5.72 Å². The molecule has 0 aromatic heterocycles. The molecule has 0 radical (unpaired) electrons. The van der Waals surface area contributed by atoms with Crippen LogP contribution in [0, 0.1) is 0 Å². The second kappa shape index (κ2) is 7.17. The lowest BCUT2D eigenvalue weighted by atomic mass is 9.53. The minimum atomic E-state index is -1.15. The summed E-state index contributed by atoms with van der Waals surface area (Å²) in [6.07, 6.45) is -0.498. The molecule has 1 fully saturated rings. The molecule has 0 saturated carbocycles. The molecule has 5 heteroatoms. The summed E-state index contributed by atoms with van der Waals surface area (Å²) in [5.74, 6) is 0. The second-order valence-electron chi connectivity index (χ2n) is 9.89. The third kappa shape index (κ3) is 2.69. The highest BCUT2D eigenvalue weighted by Gasteiger charge is 2.82. The van der Waals surface area contributed by atoms with Crippen molar-refractivity contribution in [2.45, 2.75) is 50.0 Å². The van der Waals surface area contributed by atoms with Crippen molar-refractivity contribution in [1.82, 2.24) is 0 Å². The minimum absolute atomic E-state index is 0.219. The number of hydrogen-bond acceptors (Lipinski definition) is 4. The minimum Gasteiger partial charge on any atom is -0.443 e. The molecule has 2 aliphatic rings. The fraction of sp³-hybridized carbons (Fsp3) is 0.321. The average Bonchev–Trinajstić information content (AvgIpc) is 2.96. The van der Waals surface area contributed by atoms with Gasteiger partial charge in [-0.1, -0.05) is 78.9 Å². The number of carbonyl (C=O) groups is 1. The fourth-order valence-electron chi connectivity index (χ4n) is 5.73. The Morgan fingerprint density at radius 3 is 1.94 bits per heavy atom. The summed E-state index contributed by atoms with van der Waals surface area (Å²) in [6, 6.07) is 27.6. The Kier molecular flexibility index (Phi) is 4.71. The number of fused-ring (bicyclic) bond motifs is 3. The van der Waals surface area contributed by atoms with Crippen LogP contribution in [0.1, 0.15) is 44.4 Å². The Morgan fingerprint density at radius 2 is 1.42 bits per heavy atom. The Hall–Kier alpha value is -3.15. The third-order valence-corrected chi connectivity index (χ3v) is 6.95. The number of ether oxygens (including phenoxy) is 2. The third-order valence-electron chi connectivity index (χ3n) is 6.95. The molecule has 3 aromatic rings. The van der Waals surface area contributed by atoms with Gasteiger partial charge in [-0.3, -0.25) is 0 Å². The molecule has 1 amide bonds. The summed E-state index contributed by atoms with van der Waals surface area (Å²) in [5.41, 5.74) is -0.377. The standard InChI is InChI=1S/C28H29NO4/c1-25(2,3)32-24(31)29-23-18-12-11-17-22(23)27(19-30)26(29,4)33-28(27,20-13-7-5-8-14-20)21-15-9-6-10-16-21/h5-18,30H,19H2,1-4H3/t26-,27-/m1/s1. The van der Waals surface area contributed by atoms with Gasteiger partial charge in [0.2, 0.25) is 0 Å². The Balaban J connectivity index is 1.79. The maximum absolute atomic E-state index is 13.5. The van der Waals surface area contributed by atoms with Gasteiger partial charge in [-0.05, 0) is 50.5 Å². The highest BCUT2D eigenvalue weighted by atomic mass is 16.6. The van der Waals surface area contributed by atoms with E-state index in [-0.39, 0.29) is 6.61 Å². The molecule has 2 aliphatic heterocycles. The lowest BCUT2D eigenvalue weighted by Crippen LogP contribution is -2.81. The lowest BCUT2D eigenvalue weighted by molar-refractivity contribution is -0.325. The molecular formula is C28H29NO4. The molecule has 170 valence electrons. The first-order valence-corrected chi connectivity index (χ1v) is 11.3. The van der Waals surface area contributed by atoms with Gasteiger partial charge in [0, 0.05) is 0 Å². The molecule has 0 unspecified atom stereocenters. The van der Waals surface area contributed by atoms with Crippen molar-refractivity contribution in [2.75, 3.05) is 11.5 Å². The maximum Gasteiger partial charge on any atom is 0.417 e. The first kappa shape index (κ1) is 21.7. The van der Waals surface area contributed by atoms with Crippen molar-refractivity contribution >= 4 is 11.8 Å². The zero-order valence-electron chi connectivity index (χ0n) is 19.4. The lowest BCUT2D eigenvalue weighted by Gasteiger charge is -2.67. The summed E-state index contributed by atoms with van der Waals surface area (Å²) in [6.45, 7) is 7.18. The Labute approximate surface area is 194 Å². The number of amides is 1. The van der Waals surface area contributed by atoms with E-state index >= 15 is 0 Å². The number of nitrogens with zero attached hydrogens (tertiary/aromatic N) is 1. The van der Waals surface area contributed by atoms with Crippen LogP contribution in [0.25, 0.3) is 0 Å². The number of rotatable bonds is 3. The van der Waals surface area contributed by atoms with Gasteiger partial charge in [-0.15, -0.1) is 0 Å². The summed E-state index contributed by atoms with van der Waals surface area (Å²) in [4.78, 5) is 15.1. The zero-order valence-corrected chi connectivity index (χ0v) is 19.4. The van der Waals surface area contributed by atoms with Crippen molar-refractivity contribution in [1.29, 1.82) is 0 Å². The Morgan fingerprint density at radius 1 is 0.909 bits per heavy atom. The van der Waals surface area contributed by atoms with Gasteiger partial charge in [0.25, 0.3) is 0 Å². The average molecular weight is 444 g/mol. The molecule has 2 atom stereocenters. The number of benzene rings is 3. The van der Waals surface area contributed by atoms with E-state index in [1.54, 1.807) is 4.90 Å². The topological polar surface area (TPSA) is 59.0 Å². The van der Waals surface area contributed by atoms with Crippen molar-refractivity contribution < 1.29 is 19.4 Å². The summed E-state index contributed by atoms with van der Waals surface area (Å²) < 4.78 is 12.7. The van der Waals surface area contributed by atoms with Crippen LogP contribution in [0.5, 0.6) is 0 Å². The smallest absolute Gasteiger partial charge is 0.417 e. The fourth-order valence-corrected chi connectivity index (χ4v) is 5.73. The molecule has 2 heterocycles. The number of para-hydroxylation sites is 1. The van der Waals surface area contributed by atoms with Crippen LogP contribution in [0.3, 0.4) is 0 Å². The van der Waals surface area contributed by atoms with Crippen LogP contribution < -0.4 is 4.90 Å². The van der Waals surface area contributed by atoms with Crippen molar-refractivity contribution in [3.05, 3.63) is 102 Å². The maximum atomic E-state index is 13.5. The van der Waals surface area contributed by atoms with Crippen molar-refractivity contribution in [3.63, 3.8) is 0 Å². The quantitative estimate of drug-likeness (QED) is 0.592. The molecule has 0 bridgehead atoms. The summed E-state index contributed by atoms with van der Waals surface area (Å²) >= 11 is 0. The van der Waals surface area contributed by atoms with Gasteiger partial charge in [-0.2, -0.15) is 0 Å². The van der Waals surface area contributed by atoms with E-state index in [9.17, 15) is 9.90 Å². The van der Waals surface area contributed by atoms with E-state index in [0.29, 0.717) is 5.69 Å².